The molecular weight excluding hydrogens is 200 g/mol. The first-order valence-corrected chi connectivity index (χ1v) is 6.30. The topological polar surface area (TPSA) is 26.7 Å². The Bertz CT molecular complexity index is 214. The average Bonchev–Trinajstić information content (AvgIpc) is 2.07. The molecule has 1 fully saturated rings. The molecule has 0 unspecified atom stereocenters. The molecule has 3 nitrogen and oxygen atoms in total. The van der Waals surface area contributed by atoms with Gasteiger partial charge in [0, 0.05) is 13.1 Å². The molecule has 0 aromatic carbocycles. The van der Waals surface area contributed by atoms with E-state index in [1.807, 2.05) is 13.8 Å². The first-order chi connectivity index (χ1) is 7.20. The van der Waals surface area contributed by atoms with Gasteiger partial charge >= 0.3 is 0 Å². The third-order valence-corrected chi connectivity index (χ3v) is 3.50. The summed E-state index contributed by atoms with van der Waals surface area (Å²) in [5.41, 5.74) is -0.164. The maximum atomic E-state index is 9.79. The largest absolute Gasteiger partial charge is 0.389 e. The van der Waals surface area contributed by atoms with Crippen molar-refractivity contribution >= 4 is 0 Å². The second-order valence-electron chi connectivity index (χ2n) is 6.60. The molecule has 0 aromatic heterocycles. The number of likely N-dealkylation sites (N-methyl/N-ethyl adjacent to an activating group) is 1. The third-order valence-electron chi connectivity index (χ3n) is 3.50. The molecule has 1 aliphatic rings. The van der Waals surface area contributed by atoms with Crippen molar-refractivity contribution in [1.82, 2.24) is 9.80 Å². The number of hydrogen-bond donors (Lipinski definition) is 1. The van der Waals surface area contributed by atoms with Crippen LogP contribution in [0.25, 0.3) is 0 Å². The summed E-state index contributed by atoms with van der Waals surface area (Å²) in [6.45, 7) is 10.4. The van der Waals surface area contributed by atoms with E-state index in [2.05, 4.69) is 30.8 Å². The molecule has 1 aliphatic heterocycles. The van der Waals surface area contributed by atoms with Crippen LogP contribution >= 0.6 is 0 Å². The third kappa shape index (κ3) is 4.81. The van der Waals surface area contributed by atoms with E-state index in [0.29, 0.717) is 5.41 Å². The molecule has 0 aliphatic carbocycles. The first-order valence-electron chi connectivity index (χ1n) is 6.30. The summed E-state index contributed by atoms with van der Waals surface area (Å²) in [5.74, 6) is 0. The number of rotatable bonds is 4. The van der Waals surface area contributed by atoms with Gasteiger partial charge in [-0.1, -0.05) is 6.92 Å². The van der Waals surface area contributed by atoms with E-state index < -0.39 is 5.60 Å². The maximum Gasteiger partial charge on any atom is 0.0718 e. The van der Waals surface area contributed by atoms with E-state index >= 15 is 0 Å². The fourth-order valence-electron chi connectivity index (χ4n) is 2.68. The summed E-state index contributed by atoms with van der Waals surface area (Å²) in [6, 6.07) is 0. The van der Waals surface area contributed by atoms with Crippen LogP contribution in [0.1, 0.15) is 33.6 Å². The van der Waals surface area contributed by atoms with Crippen molar-refractivity contribution in [3.8, 4) is 0 Å². The quantitative estimate of drug-likeness (QED) is 0.788. The highest BCUT2D eigenvalue weighted by Gasteiger charge is 2.30. The van der Waals surface area contributed by atoms with Crippen molar-refractivity contribution in [1.29, 1.82) is 0 Å². The summed E-state index contributed by atoms with van der Waals surface area (Å²) in [5, 5.41) is 9.79. The highest BCUT2D eigenvalue weighted by molar-refractivity contribution is 4.84. The Morgan fingerprint density at radius 1 is 1.31 bits per heavy atom. The Balaban J connectivity index is 2.41. The van der Waals surface area contributed by atoms with Gasteiger partial charge in [0.15, 0.2) is 0 Å². The summed E-state index contributed by atoms with van der Waals surface area (Å²) in [6.07, 6.45) is 2.53. The minimum atomic E-state index is -0.587. The molecule has 96 valence electrons. The lowest BCUT2D eigenvalue weighted by molar-refractivity contribution is 0.0215. The summed E-state index contributed by atoms with van der Waals surface area (Å²) >= 11 is 0. The Morgan fingerprint density at radius 3 is 2.25 bits per heavy atom. The molecule has 0 atom stereocenters. The zero-order chi connectivity index (χ0) is 12.4. The zero-order valence-corrected chi connectivity index (χ0v) is 11.6. The number of piperidine rings is 1. The van der Waals surface area contributed by atoms with Gasteiger partial charge in [0.1, 0.15) is 0 Å². The molecule has 0 amide bonds. The van der Waals surface area contributed by atoms with Gasteiger partial charge in [-0.05, 0) is 59.3 Å². The van der Waals surface area contributed by atoms with E-state index in [1.54, 1.807) is 0 Å². The van der Waals surface area contributed by atoms with Gasteiger partial charge in [-0.2, -0.15) is 0 Å². The minimum absolute atomic E-state index is 0.423. The standard InChI is InChI=1S/C13H28N2O/c1-12(2,16)10-15(5)11-13(3)6-8-14(4)9-7-13/h16H,6-11H2,1-5H3. The van der Waals surface area contributed by atoms with Crippen LogP contribution in [0.4, 0.5) is 0 Å². The van der Waals surface area contributed by atoms with Crippen molar-refractivity contribution in [3.05, 3.63) is 0 Å². The van der Waals surface area contributed by atoms with E-state index in [1.165, 1.54) is 25.9 Å². The van der Waals surface area contributed by atoms with E-state index in [0.717, 1.165) is 13.1 Å². The van der Waals surface area contributed by atoms with Gasteiger partial charge in [-0.15, -0.1) is 0 Å². The molecule has 0 radical (unpaired) electrons. The predicted molar refractivity (Wildman–Crippen MR) is 68.6 cm³/mol. The smallest absolute Gasteiger partial charge is 0.0718 e. The van der Waals surface area contributed by atoms with Crippen LogP contribution in [0.2, 0.25) is 0 Å². The molecule has 1 rings (SSSR count). The van der Waals surface area contributed by atoms with Crippen LogP contribution in [-0.2, 0) is 0 Å². The van der Waals surface area contributed by atoms with Gasteiger partial charge in [-0.3, -0.25) is 0 Å². The van der Waals surface area contributed by atoms with Gasteiger partial charge in [0.05, 0.1) is 5.60 Å². The Hall–Kier alpha value is -0.120. The van der Waals surface area contributed by atoms with Crippen molar-refractivity contribution in [3.63, 3.8) is 0 Å². The fourth-order valence-corrected chi connectivity index (χ4v) is 2.68. The van der Waals surface area contributed by atoms with Gasteiger partial charge in [0.2, 0.25) is 0 Å². The minimum Gasteiger partial charge on any atom is -0.389 e. The molecule has 1 heterocycles. The SMILES string of the molecule is CN1CCC(C)(CN(C)CC(C)(C)O)CC1. The number of aliphatic hydroxyl groups is 1. The Labute approximate surface area is 100 Å². The van der Waals surface area contributed by atoms with Crippen molar-refractivity contribution in [2.45, 2.75) is 39.2 Å². The fraction of sp³-hybridized carbons (Fsp3) is 1.00. The molecule has 3 heteroatoms. The van der Waals surface area contributed by atoms with Crippen LogP contribution in [0, 0.1) is 5.41 Å². The van der Waals surface area contributed by atoms with Crippen LogP contribution in [-0.4, -0.2) is 60.8 Å². The Morgan fingerprint density at radius 2 is 1.81 bits per heavy atom. The van der Waals surface area contributed by atoms with Crippen molar-refractivity contribution in [2.75, 3.05) is 40.3 Å². The monoisotopic (exact) mass is 228 g/mol. The van der Waals surface area contributed by atoms with Crippen molar-refractivity contribution in [2.24, 2.45) is 5.41 Å². The Kier molecular flexibility index (Phi) is 4.38. The number of hydrogen-bond acceptors (Lipinski definition) is 3. The normalized spacial score (nSPS) is 22.7. The van der Waals surface area contributed by atoms with Gasteiger partial charge < -0.3 is 14.9 Å². The molecule has 1 N–H and O–H groups in total. The highest BCUT2D eigenvalue weighted by atomic mass is 16.3. The molecule has 0 aromatic rings. The molecule has 0 spiro atoms. The van der Waals surface area contributed by atoms with Gasteiger partial charge in [0.25, 0.3) is 0 Å². The van der Waals surface area contributed by atoms with Gasteiger partial charge in [-0.25, -0.2) is 0 Å². The summed E-state index contributed by atoms with van der Waals surface area (Å²) in [7, 11) is 4.31. The van der Waals surface area contributed by atoms with Crippen molar-refractivity contribution < 1.29 is 5.11 Å². The van der Waals surface area contributed by atoms with Crippen LogP contribution in [0.5, 0.6) is 0 Å². The zero-order valence-electron chi connectivity index (χ0n) is 11.6. The van der Waals surface area contributed by atoms with E-state index in [9.17, 15) is 5.11 Å². The molecule has 0 bridgehead atoms. The van der Waals surface area contributed by atoms with E-state index in [-0.39, 0.29) is 0 Å². The second kappa shape index (κ2) is 5.03. The van der Waals surface area contributed by atoms with Crippen LogP contribution in [0.3, 0.4) is 0 Å². The average molecular weight is 228 g/mol. The summed E-state index contributed by atoms with van der Waals surface area (Å²) in [4.78, 5) is 4.67. The number of likely N-dealkylation sites (tertiary alicyclic amines) is 1. The maximum absolute atomic E-state index is 9.79. The number of nitrogens with zero attached hydrogens (tertiary/aromatic N) is 2. The van der Waals surface area contributed by atoms with Crippen LogP contribution in [0.15, 0.2) is 0 Å². The molecule has 16 heavy (non-hydrogen) atoms. The lowest BCUT2D eigenvalue weighted by Crippen LogP contribution is -2.45. The predicted octanol–water partition coefficient (Wildman–Crippen LogP) is 1.42. The second-order valence-corrected chi connectivity index (χ2v) is 6.60. The lowest BCUT2D eigenvalue weighted by atomic mass is 9.80. The lowest BCUT2D eigenvalue weighted by Gasteiger charge is -2.41. The highest BCUT2D eigenvalue weighted by Crippen LogP contribution is 2.31. The molecule has 1 saturated heterocycles. The molecule has 0 saturated carbocycles. The summed E-state index contributed by atoms with van der Waals surface area (Å²) < 4.78 is 0. The first kappa shape index (κ1) is 13.9. The van der Waals surface area contributed by atoms with Crippen LogP contribution < -0.4 is 0 Å². The molecular formula is C13H28N2O. The van der Waals surface area contributed by atoms with E-state index in [4.69, 9.17) is 0 Å².